The van der Waals surface area contributed by atoms with Gasteiger partial charge in [0.05, 0.1) is 11.6 Å². The van der Waals surface area contributed by atoms with Crippen LogP contribution in [0.1, 0.15) is 37.8 Å². The highest BCUT2D eigenvalue weighted by Gasteiger charge is 2.49. The van der Waals surface area contributed by atoms with Crippen molar-refractivity contribution in [2.24, 2.45) is 0 Å². The molecule has 3 heteroatoms. The number of nitrogens with zero attached hydrogens (tertiary/aromatic N) is 1. The smallest absolute Gasteiger partial charge is 0.243 e. The third-order valence-electron chi connectivity index (χ3n) is 5.43. The molecule has 0 bridgehead atoms. The fourth-order valence-corrected chi connectivity index (χ4v) is 4.15. The maximum Gasteiger partial charge on any atom is 0.243 e. The van der Waals surface area contributed by atoms with E-state index in [1.807, 2.05) is 0 Å². The average Bonchev–Trinajstić information content (AvgIpc) is 3.16. The van der Waals surface area contributed by atoms with Gasteiger partial charge < -0.3 is 10.2 Å². The first-order valence-corrected chi connectivity index (χ1v) is 8.25. The minimum atomic E-state index is -0.265. The zero-order chi connectivity index (χ0) is 15.2. The van der Waals surface area contributed by atoms with E-state index in [1.165, 1.54) is 16.3 Å². The number of amides is 1. The molecule has 2 aliphatic heterocycles. The number of carbonyl (C=O) groups is 1. The first-order chi connectivity index (χ1) is 10.7. The van der Waals surface area contributed by atoms with Crippen LogP contribution in [0.5, 0.6) is 0 Å². The van der Waals surface area contributed by atoms with Gasteiger partial charge in [0.1, 0.15) is 0 Å². The van der Waals surface area contributed by atoms with E-state index in [2.05, 4.69) is 59.6 Å². The quantitative estimate of drug-likeness (QED) is 0.922. The molecular formula is C19H22N2O. The minimum Gasteiger partial charge on any atom is -0.334 e. The summed E-state index contributed by atoms with van der Waals surface area (Å²) in [7, 11) is 0. The Kier molecular flexibility index (Phi) is 3.19. The van der Waals surface area contributed by atoms with Gasteiger partial charge in [-0.15, -0.1) is 0 Å². The highest BCUT2D eigenvalue weighted by atomic mass is 16.2. The summed E-state index contributed by atoms with van der Waals surface area (Å²) in [5, 5.41) is 5.96. The van der Waals surface area contributed by atoms with Gasteiger partial charge in [-0.25, -0.2) is 0 Å². The van der Waals surface area contributed by atoms with Gasteiger partial charge in [-0.2, -0.15) is 0 Å². The Hall–Kier alpha value is -1.87. The second kappa shape index (κ2) is 5.10. The molecule has 0 aromatic heterocycles. The zero-order valence-corrected chi connectivity index (χ0v) is 13.0. The van der Waals surface area contributed by atoms with Crippen molar-refractivity contribution < 1.29 is 4.79 Å². The molecule has 0 radical (unpaired) electrons. The molecule has 0 unspecified atom stereocenters. The van der Waals surface area contributed by atoms with E-state index in [1.54, 1.807) is 0 Å². The Morgan fingerprint density at radius 2 is 1.95 bits per heavy atom. The minimum absolute atomic E-state index is 0.125. The Labute approximate surface area is 131 Å². The van der Waals surface area contributed by atoms with Gasteiger partial charge in [-0.05, 0) is 49.1 Å². The molecule has 0 saturated carbocycles. The highest BCUT2D eigenvalue weighted by molar-refractivity contribution is 5.91. The van der Waals surface area contributed by atoms with Crippen LogP contribution in [0.15, 0.2) is 42.5 Å². The highest BCUT2D eigenvalue weighted by Crippen LogP contribution is 2.37. The Morgan fingerprint density at radius 1 is 1.14 bits per heavy atom. The third-order valence-corrected chi connectivity index (χ3v) is 5.43. The normalized spacial score (nSPS) is 26.2. The standard InChI is InChI=1S/C19H22N2O/c1-14(16-9-4-7-15-6-2-3-8-17(15)16)21-13-11-19(18(21)22)10-5-12-20-19/h2-4,6-9,14,20H,5,10-13H2,1H3/t14-,19-/m1/s1. The third kappa shape index (κ3) is 1.96. The molecule has 2 fully saturated rings. The molecule has 2 aromatic rings. The molecule has 1 N–H and O–H groups in total. The molecule has 0 aliphatic carbocycles. The van der Waals surface area contributed by atoms with Gasteiger partial charge in [0, 0.05) is 6.54 Å². The number of benzene rings is 2. The molecule has 3 nitrogen and oxygen atoms in total. The monoisotopic (exact) mass is 294 g/mol. The van der Waals surface area contributed by atoms with Gasteiger partial charge in [0.15, 0.2) is 0 Å². The number of hydrogen-bond donors (Lipinski definition) is 1. The van der Waals surface area contributed by atoms with E-state index in [0.717, 1.165) is 32.4 Å². The largest absolute Gasteiger partial charge is 0.334 e. The number of fused-ring (bicyclic) bond motifs is 1. The van der Waals surface area contributed by atoms with Crippen LogP contribution in [0.3, 0.4) is 0 Å². The number of hydrogen-bond acceptors (Lipinski definition) is 2. The van der Waals surface area contributed by atoms with Gasteiger partial charge >= 0.3 is 0 Å². The maximum atomic E-state index is 12.9. The zero-order valence-electron chi connectivity index (χ0n) is 13.0. The first-order valence-electron chi connectivity index (χ1n) is 8.25. The predicted octanol–water partition coefficient (Wildman–Crippen LogP) is 3.26. The van der Waals surface area contributed by atoms with Crippen LogP contribution in [-0.2, 0) is 4.79 Å². The molecular weight excluding hydrogens is 272 g/mol. The summed E-state index contributed by atoms with van der Waals surface area (Å²) in [5.41, 5.74) is 0.986. The molecule has 1 amide bonds. The Bertz CT molecular complexity index is 713. The summed E-state index contributed by atoms with van der Waals surface area (Å²) >= 11 is 0. The lowest BCUT2D eigenvalue weighted by Crippen LogP contribution is -2.47. The average molecular weight is 294 g/mol. The van der Waals surface area contributed by atoms with E-state index in [9.17, 15) is 4.79 Å². The van der Waals surface area contributed by atoms with Gasteiger partial charge in [0.2, 0.25) is 5.91 Å². The summed E-state index contributed by atoms with van der Waals surface area (Å²) < 4.78 is 0. The Morgan fingerprint density at radius 3 is 2.77 bits per heavy atom. The number of carbonyl (C=O) groups excluding carboxylic acids is 1. The van der Waals surface area contributed by atoms with Crippen LogP contribution in [0.25, 0.3) is 10.8 Å². The second-order valence-corrected chi connectivity index (χ2v) is 6.61. The van der Waals surface area contributed by atoms with E-state index in [-0.39, 0.29) is 11.6 Å². The lowest BCUT2D eigenvalue weighted by atomic mass is 9.95. The van der Waals surface area contributed by atoms with E-state index >= 15 is 0 Å². The molecule has 2 heterocycles. The fraction of sp³-hybridized carbons (Fsp3) is 0.421. The fourth-order valence-electron chi connectivity index (χ4n) is 4.15. The maximum absolute atomic E-state index is 12.9. The molecule has 22 heavy (non-hydrogen) atoms. The van der Waals surface area contributed by atoms with Crippen molar-refractivity contribution in [1.29, 1.82) is 0 Å². The lowest BCUT2D eigenvalue weighted by Gasteiger charge is -2.28. The number of rotatable bonds is 2. The first kappa shape index (κ1) is 13.8. The Balaban J connectivity index is 1.69. The summed E-state index contributed by atoms with van der Waals surface area (Å²) in [6, 6.07) is 15.0. The van der Waals surface area contributed by atoms with E-state index in [0.29, 0.717) is 5.91 Å². The SMILES string of the molecule is C[C@H](c1cccc2ccccc12)N1CC[C@]2(CCCN2)C1=O. The summed E-state index contributed by atoms with van der Waals surface area (Å²) in [6.45, 7) is 3.99. The van der Waals surface area contributed by atoms with Crippen LogP contribution in [0.4, 0.5) is 0 Å². The van der Waals surface area contributed by atoms with Crippen molar-refractivity contribution in [2.45, 2.75) is 37.8 Å². The second-order valence-electron chi connectivity index (χ2n) is 6.61. The van der Waals surface area contributed by atoms with Crippen molar-refractivity contribution in [3.63, 3.8) is 0 Å². The summed E-state index contributed by atoms with van der Waals surface area (Å²) in [6.07, 6.45) is 3.05. The van der Waals surface area contributed by atoms with Crippen LogP contribution in [-0.4, -0.2) is 29.4 Å². The van der Waals surface area contributed by atoms with Crippen molar-refractivity contribution in [1.82, 2.24) is 10.2 Å². The molecule has 2 atom stereocenters. The molecule has 2 aromatic carbocycles. The van der Waals surface area contributed by atoms with Gasteiger partial charge in [0.25, 0.3) is 0 Å². The van der Waals surface area contributed by atoms with E-state index in [4.69, 9.17) is 0 Å². The predicted molar refractivity (Wildman–Crippen MR) is 88.7 cm³/mol. The van der Waals surface area contributed by atoms with Crippen molar-refractivity contribution in [3.8, 4) is 0 Å². The summed E-state index contributed by atoms with van der Waals surface area (Å²) in [4.78, 5) is 15.0. The number of nitrogens with one attached hydrogen (secondary N) is 1. The molecule has 4 rings (SSSR count). The number of likely N-dealkylation sites (tertiary alicyclic amines) is 1. The van der Waals surface area contributed by atoms with Crippen LogP contribution in [0.2, 0.25) is 0 Å². The molecule has 1 spiro atoms. The van der Waals surface area contributed by atoms with Gasteiger partial charge in [-0.1, -0.05) is 42.5 Å². The molecule has 2 saturated heterocycles. The van der Waals surface area contributed by atoms with Crippen molar-refractivity contribution in [3.05, 3.63) is 48.0 Å². The van der Waals surface area contributed by atoms with Crippen LogP contribution in [0, 0.1) is 0 Å². The van der Waals surface area contributed by atoms with Crippen LogP contribution >= 0.6 is 0 Å². The molecule has 114 valence electrons. The van der Waals surface area contributed by atoms with Crippen molar-refractivity contribution >= 4 is 16.7 Å². The lowest BCUT2D eigenvalue weighted by molar-refractivity contribution is -0.134. The summed E-state index contributed by atoms with van der Waals surface area (Å²) in [5.74, 6) is 0.297. The van der Waals surface area contributed by atoms with Crippen LogP contribution < -0.4 is 5.32 Å². The topological polar surface area (TPSA) is 32.3 Å². The van der Waals surface area contributed by atoms with E-state index < -0.39 is 0 Å². The van der Waals surface area contributed by atoms with Gasteiger partial charge in [-0.3, -0.25) is 4.79 Å². The molecule has 2 aliphatic rings. The van der Waals surface area contributed by atoms with Crippen molar-refractivity contribution in [2.75, 3.05) is 13.1 Å².